The molecule has 0 saturated carbocycles. The number of carbonyl (C=O) groups excluding carboxylic acids is 1. The van der Waals surface area contributed by atoms with Crippen LogP contribution in [-0.2, 0) is 29.0 Å². The second kappa shape index (κ2) is 10.3. The van der Waals surface area contributed by atoms with E-state index in [0.29, 0.717) is 31.0 Å². The van der Waals surface area contributed by atoms with Crippen molar-refractivity contribution in [3.8, 4) is 22.5 Å². The lowest BCUT2D eigenvalue weighted by Crippen LogP contribution is -2.43. The number of amides is 1. The van der Waals surface area contributed by atoms with Crippen LogP contribution in [0.1, 0.15) is 55.5 Å². The number of hydrogen-bond donors (Lipinski definition) is 2. The molecule has 0 radical (unpaired) electrons. The number of imidazole rings is 1. The topological polar surface area (TPSA) is 130 Å². The average molecular weight is 500 g/mol. The monoisotopic (exact) mass is 499 g/mol. The molecule has 1 atom stereocenters. The van der Waals surface area contributed by atoms with Crippen molar-refractivity contribution in [2.75, 3.05) is 6.54 Å². The number of carboxylic acids is 1. The number of aryl methyl sites for hydroxylation is 1. The maximum atomic E-state index is 12.3. The fraction of sp³-hybridized carbons (Fsp3) is 0.333. The van der Waals surface area contributed by atoms with Gasteiger partial charge in [-0.15, -0.1) is 5.10 Å². The number of rotatable bonds is 8. The molecule has 1 aliphatic rings. The molecule has 1 unspecified atom stereocenters. The predicted molar refractivity (Wildman–Crippen MR) is 136 cm³/mol. The number of carbonyl (C=O) groups is 2. The Morgan fingerprint density at radius 1 is 1.11 bits per heavy atom. The number of benzene rings is 2. The molecule has 10 heteroatoms. The van der Waals surface area contributed by atoms with Crippen molar-refractivity contribution in [3.63, 3.8) is 0 Å². The fourth-order valence-corrected chi connectivity index (χ4v) is 5.04. The molecule has 0 spiro atoms. The molecular formula is C27H29N7O3. The van der Waals surface area contributed by atoms with Crippen molar-refractivity contribution in [1.82, 2.24) is 35.1 Å². The summed E-state index contributed by atoms with van der Waals surface area (Å²) >= 11 is 0. The maximum Gasteiger partial charge on any atom is 0.332 e. The maximum absolute atomic E-state index is 12.3. The summed E-state index contributed by atoms with van der Waals surface area (Å²) in [7, 11) is 0. The van der Waals surface area contributed by atoms with Crippen LogP contribution in [0.5, 0.6) is 0 Å². The van der Waals surface area contributed by atoms with Crippen molar-refractivity contribution in [2.45, 2.75) is 52.1 Å². The van der Waals surface area contributed by atoms with E-state index in [1.165, 1.54) is 11.8 Å². The third kappa shape index (κ3) is 4.74. The highest BCUT2D eigenvalue weighted by Crippen LogP contribution is 2.33. The second-order valence-corrected chi connectivity index (χ2v) is 9.25. The number of carboxylic acid groups (broad SMARTS) is 1. The molecule has 3 heterocycles. The lowest BCUT2D eigenvalue weighted by Gasteiger charge is -2.33. The van der Waals surface area contributed by atoms with Crippen LogP contribution < -0.4 is 0 Å². The Labute approximate surface area is 214 Å². The van der Waals surface area contributed by atoms with Crippen molar-refractivity contribution in [2.24, 2.45) is 0 Å². The van der Waals surface area contributed by atoms with Crippen molar-refractivity contribution < 1.29 is 14.7 Å². The molecule has 2 aromatic heterocycles. The molecule has 190 valence electrons. The van der Waals surface area contributed by atoms with Gasteiger partial charge in [0.15, 0.2) is 11.9 Å². The molecule has 2 N–H and O–H groups in total. The summed E-state index contributed by atoms with van der Waals surface area (Å²) in [5.74, 6) is 0.190. The van der Waals surface area contributed by atoms with E-state index in [2.05, 4.69) is 27.5 Å². The molecule has 2 aromatic carbocycles. The molecule has 37 heavy (non-hydrogen) atoms. The molecule has 0 aliphatic carbocycles. The van der Waals surface area contributed by atoms with E-state index in [1.807, 2.05) is 53.1 Å². The van der Waals surface area contributed by atoms with E-state index in [9.17, 15) is 14.7 Å². The van der Waals surface area contributed by atoms with E-state index >= 15 is 0 Å². The number of fused-ring (bicyclic) bond motifs is 1. The van der Waals surface area contributed by atoms with Crippen molar-refractivity contribution >= 4 is 11.9 Å². The van der Waals surface area contributed by atoms with Gasteiger partial charge in [0.2, 0.25) is 5.91 Å². The zero-order chi connectivity index (χ0) is 25.9. The van der Waals surface area contributed by atoms with Crippen molar-refractivity contribution in [3.05, 3.63) is 71.3 Å². The first-order valence-corrected chi connectivity index (χ1v) is 12.5. The standard InChI is InChI=1S/C27H29N7O3/c1-3-4-9-23-28-22-14-15-33(17(2)35)25(27(36)37)24(22)34(23)16-18-10-12-19(13-11-18)20-7-5-6-8-21(20)26-29-31-32-30-26/h5-8,10-13,25H,3-4,9,14-16H2,1-2H3,(H,36,37)(H,29,30,31,32). The summed E-state index contributed by atoms with van der Waals surface area (Å²) < 4.78 is 2.02. The van der Waals surface area contributed by atoms with Crippen LogP contribution in [0.25, 0.3) is 22.5 Å². The molecule has 1 amide bonds. The molecule has 0 saturated heterocycles. The van der Waals surface area contributed by atoms with Crippen LogP contribution in [0.3, 0.4) is 0 Å². The largest absolute Gasteiger partial charge is 0.479 e. The van der Waals surface area contributed by atoms with Gasteiger partial charge in [-0.05, 0) is 33.5 Å². The van der Waals surface area contributed by atoms with Crippen LogP contribution >= 0.6 is 0 Å². The normalized spacial score (nSPS) is 15.0. The summed E-state index contributed by atoms with van der Waals surface area (Å²) in [6, 6.07) is 15.1. The van der Waals surface area contributed by atoms with Gasteiger partial charge in [-0.3, -0.25) is 4.79 Å². The number of H-pyrrole nitrogens is 1. The van der Waals surface area contributed by atoms with E-state index < -0.39 is 12.0 Å². The van der Waals surface area contributed by atoms with Crippen LogP contribution in [0.15, 0.2) is 48.5 Å². The van der Waals surface area contributed by atoms with Crippen molar-refractivity contribution in [1.29, 1.82) is 0 Å². The van der Waals surface area contributed by atoms with Gasteiger partial charge in [0.05, 0.1) is 11.4 Å². The first-order valence-electron chi connectivity index (χ1n) is 12.5. The minimum Gasteiger partial charge on any atom is -0.479 e. The molecule has 1 aliphatic heterocycles. The van der Waals surface area contributed by atoms with E-state index in [1.54, 1.807) is 0 Å². The van der Waals surface area contributed by atoms with Gasteiger partial charge in [0.1, 0.15) is 5.82 Å². The number of hydrogen-bond acceptors (Lipinski definition) is 6. The number of aliphatic carboxylic acids is 1. The van der Waals surface area contributed by atoms with Gasteiger partial charge < -0.3 is 14.6 Å². The quantitative estimate of drug-likeness (QED) is 0.378. The minimum absolute atomic E-state index is 0.245. The second-order valence-electron chi connectivity index (χ2n) is 9.25. The first kappa shape index (κ1) is 24.4. The summed E-state index contributed by atoms with van der Waals surface area (Å²) in [4.78, 5) is 30.9. The Balaban J connectivity index is 1.51. The summed E-state index contributed by atoms with van der Waals surface area (Å²) in [5, 5.41) is 24.4. The Kier molecular flexibility index (Phi) is 6.80. The Hall–Kier alpha value is -4.34. The van der Waals surface area contributed by atoms with Gasteiger partial charge in [0.25, 0.3) is 0 Å². The predicted octanol–water partition coefficient (Wildman–Crippen LogP) is 3.65. The third-order valence-corrected chi connectivity index (χ3v) is 6.85. The van der Waals surface area contributed by atoms with Crippen LogP contribution in [-0.4, -0.2) is 58.6 Å². The zero-order valence-electron chi connectivity index (χ0n) is 20.9. The highest BCUT2D eigenvalue weighted by Gasteiger charge is 2.39. The number of unbranched alkanes of at least 4 members (excludes halogenated alkanes) is 1. The van der Waals surface area contributed by atoms with E-state index in [-0.39, 0.29) is 5.91 Å². The van der Waals surface area contributed by atoms with Gasteiger partial charge in [0, 0.05) is 38.4 Å². The summed E-state index contributed by atoms with van der Waals surface area (Å²) in [6.07, 6.45) is 3.27. The van der Waals surface area contributed by atoms with Gasteiger partial charge >= 0.3 is 5.97 Å². The Morgan fingerprint density at radius 3 is 2.51 bits per heavy atom. The Morgan fingerprint density at radius 2 is 1.86 bits per heavy atom. The minimum atomic E-state index is -1.04. The number of tetrazole rings is 1. The number of nitrogens with zero attached hydrogens (tertiary/aromatic N) is 6. The smallest absolute Gasteiger partial charge is 0.332 e. The summed E-state index contributed by atoms with van der Waals surface area (Å²) in [6.45, 7) is 4.38. The van der Waals surface area contributed by atoms with Gasteiger partial charge in [-0.25, -0.2) is 14.9 Å². The van der Waals surface area contributed by atoms with Crippen LogP contribution in [0.4, 0.5) is 0 Å². The van der Waals surface area contributed by atoms with Crippen LogP contribution in [0.2, 0.25) is 0 Å². The van der Waals surface area contributed by atoms with Crippen LogP contribution in [0, 0.1) is 0 Å². The lowest BCUT2D eigenvalue weighted by atomic mass is 9.98. The lowest BCUT2D eigenvalue weighted by molar-refractivity contribution is -0.150. The molecule has 5 rings (SSSR count). The summed E-state index contributed by atoms with van der Waals surface area (Å²) in [5.41, 5.74) is 5.33. The average Bonchev–Trinajstić information content (AvgIpc) is 3.56. The highest BCUT2D eigenvalue weighted by molar-refractivity contribution is 5.84. The number of aromatic nitrogens is 6. The number of nitrogens with one attached hydrogen (secondary N) is 1. The van der Waals surface area contributed by atoms with E-state index in [4.69, 9.17) is 4.98 Å². The molecule has 10 nitrogen and oxygen atoms in total. The molecule has 4 aromatic rings. The fourth-order valence-electron chi connectivity index (χ4n) is 5.04. The molecular weight excluding hydrogens is 470 g/mol. The van der Waals surface area contributed by atoms with Gasteiger partial charge in [-0.2, -0.15) is 0 Å². The first-order chi connectivity index (χ1) is 18.0. The SMILES string of the molecule is CCCCc1nc2c(n1Cc1ccc(-c3ccccc3-c3nnn[nH]3)cc1)C(C(=O)O)N(C(C)=O)CC2. The number of aromatic amines is 1. The zero-order valence-corrected chi connectivity index (χ0v) is 20.9. The highest BCUT2D eigenvalue weighted by atomic mass is 16.4. The van der Waals surface area contributed by atoms with E-state index in [0.717, 1.165) is 53.0 Å². The van der Waals surface area contributed by atoms with Gasteiger partial charge in [-0.1, -0.05) is 61.9 Å². The molecule has 0 bridgehead atoms. The Bertz CT molecular complexity index is 1410. The third-order valence-electron chi connectivity index (χ3n) is 6.85. The molecule has 0 fully saturated rings.